The maximum atomic E-state index is 13.7. The van der Waals surface area contributed by atoms with Gasteiger partial charge in [-0.05, 0) is 44.0 Å². The molecule has 2 amide bonds. The van der Waals surface area contributed by atoms with Crippen LogP contribution in [0.1, 0.15) is 62.4 Å². The van der Waals surface area contributed by atoms with Crippen molar-refractivity contribution in [2.24, 2.45) is 0 Å². The third kappa shape index (κ3) is 6.09. The monoisotopic (exact) mass is 479 g/mol. The number of fused-ring (bicyclic) bond motifs is 1. The van der Waals surface area contributed by atoms with Crippen LogP contribution in [0.25, 0.3) is 17.0 Å². The first-order chi connectivity index (χ1) is 16.5. The summed E-state index contributed by atoms with van der Waals surface area (Å²) < 4.78 is 2.14. The predicted molar refractivity (Wildman–Crippen MR) is 141 cm³/mol. The third-order valence-electron chi connectivity index (χ3n) is 5.91. The number of hydrogen-bond acceptors (Lipinski definition) is 2. The van der Waals surface area contributed by atoms with Crippen molar-refractivity contribution in [3.05, 3.63) is 76.6 Å². The van der Waals surface area contributed by atoms with E-state index < -0.39 is 5.91 Å². The maximum Gasteiger partial charge on any atom is 0.270 e. The van der Waals surface area contributed by atoms with E-state index in [-0.39, 0.29) is 11.6 Å². The highest BCUT2D eigenvalue weighted by Gasteiger charge is 2.22. The van der Waals surface area contributed by atoms with Crippen molar-refractivity contribution in [2.75, 3.05) is 13.1 Å². The van der Waals surface area contributed by atoms with Crippen LogP contribution in [0, 0.1) is 0 Å². The molecule has 1 N–H and O–H groups in total. The fourth-order valence-corrected chi connectivity index (χ4v) is 4.20. The van der Waals surface area contributed by atoms with Crippen LogP contribution in [-0.2, 0) is 11.3 Å². The van der Waals surface area contributed by atoms with Gasteiger partial charge in [-0.3, -0.25) is 9.59 Å². The molecule has 0 saturated heterocycles. The molecule has 0 fully saturated rings. The van der Waals surface area contributed by atoms with Gasteiger partial charge in [-0.25, -0.2) is 0 Å². The first-order valence-corrected chi connectivity index (χ1v) is 12.5. The van der Waals surface area contributed by atoms with Crippen LogP contribution in [0.5, 0.6) is 0 Å². The fraction of sp³-hybridized carbons (Fsp3) is 0.357. The van der Waals surface area contributed by atoms with E-state index in [9.17, 15) is 9.59 Å². The first kappa shape index (κ1) is 25.6. The standard InChI is InChI=1S/C28H34ClN3O2/c1-4-7-17-32(18-8-5-2)28(34)25(30-27(33)23-14-9-11-15-24(23)29)19-21-20-31(6-3)26-16-12-10-13-22(21)26/h9-16,19-20H,4-8,17-18H2,1-3H3,(H,30,33)/b25-19-. The van der Waals surface area contributed by atoms with Gasteiger partial charge in [-0.1, -0.05) is 68.6 Å². The Kier molecular flexibility index (Phi) is 9.34. The molecule has 0 saturated carbocycles. The Labute approximate surface area is 207 Å². The van der Waals surface area contributed by atoms with Crippen LogP contribution < -0.4 is 5.32 Å². The van der Waals surface area contributed by atoms with E-state index in [0.717, 1.165) is 48.7 Å². The molecular formula is C28H34ClN3O2. The van der Waals surface area contributed by atoms with E-state index >= 15 is 0 Å². The van der Waals surface area contributed by atoms with E-state index in [2.05, 4.69) is 36.7 Å². The minimum atomic E-state index is -0.393. The van der Waals surface area contributed by atoms with E-state index in [4.69, 9.17) is 11.6 Å². The number of nitrogens with zero attached hydrogens (tertiary/aromatic N) is 2. The SMILES string of the molecule is CCCCN(CCCC)C(=O)/C(=C/c1cn(CC)c2ccccc12)NC(=O)c1ccccc1Cl. The molecule has 1 aromatic heterocycles. The lowest BCUT2D eigenvalue weighted by Gasteiger charge is -2.24. The van der Waals surface area contributed by atoms with E-state index in [1.54, 1.807) is 30.3 Å². The molecule has 0 atom stereocenters. The minimum absolute atomic E-state index is 0.171. The van der Waals surface area contributed by atoms with Crippen molar-refractivity contribution in [3.63, 3.8) is 0 Å². The van der Waals surface area contributed by atoms with Gasteiger partial charge in [0.1, 0.15) is 5.70 Å². The molecule has 3 aromatic rings. The number of unbranched alkanes of at least 4 members (excludes halogenated alkanes) is 2. The van der Waals surface area contributed by atoms with Crippen molar-refractivity contribution in [3.8, 4) is 0 Å². The molecule has 0 unspecified atom stereocenters. The van der Waals surface area contributed by atoms with Crippen molar-refractivity contribution >= 4 is 40.4 Å². The molecule has 5 nitrogen and oxygen atoms in total. The second-order valence-corrected chi connectivity index (χ2v) is 8.79. The van der Waals surface area contributed by atoms with Crippen LogP contribution in [0.15, 0.2) is 60.4 Å². The second-order valence-electron chi connectivity index (χ2n) is 8.38. The summed E-state index contributed by atoms with van der Waals surface area (Å²) in [5.41, 5.74) is 2.59. The molecule has 0 radical (unpaired) electrons. The second kappa shape index (κ2) is 12.4. The van der Waals surface area contributed by atoms with Gasteiger partial charge in [0.05, 0.1) is 10.6 Å². The van der Waals surface area contributed by atoms with Gasteiger partial charge < -0.3 is 14.8 Å². The zero-order chi connectivity index (χ0) is 24.5. The molecule has 0 aliphatic rings. The summed E-state index contributed by atoms with van der Waals surface area (Å²) in [6.45, 7) is 8.43. The highest BCUT2D eigenvalue weighted by molar-refractivity contribution is 6.34. The van der Waals surface area contributed by atoms with Gasteiger partial charge in [0.25, 0.3) is 11.8 Å². The van der Waals surface area contributed by atoms with Crippen molar-refractivity contribution in [2.45, 2.75) is 53.0 Å². The number of aromatic nitrogens is 1. The van der Waals surface area contributed by atoms with E-state index in [0.29, 0.717) is 23.7 Å². The molecule has 34 heavy (non-hydrogen) atoms. The highest BCUT2D eigenvalue weighted by atomic mass is 35.5. The van der Waals surface area contributed by atoms with Crippen LogP contribution in [0.3, 0.4) is 0 Å². The normalized spacial score (nSPS) is 11.6. The van der Waals surface area contributed by atoms with Gasteiger partial charge in [0, 0.05) is 42.3 Å². The Morgan fingerprint density at radius 3 is 2.26 bits per heavy atom. The summed E-state index contributed by atoms with van der Waals surface area (Å²) in [5.74, 6) is -0.564. The van der Waals surface area contributed by atoms with Crippen molar-refractivity contribution in [1.82, 2.24) is 14.8 Å². The quantitative estimate of drug-likeness (QED) is 0.318. The number of amides is 2. The Balaban J connectivity index is 2.05. The lowest BCUT2D eigenvalue weighted by molar-refractivity contribution is -0.127. The fourth-order valence-electron chi connectivity index (χ4n) is 3.98. The van der Waals surface area contributed by atoms with Gasteiger partial charge >= 0.3 is 0 Å². The van der Waals surface area contributed by atoms with Gasteiger partial charge in [-0.15, -0.1) is 0 Å². The number of para-hydroxylation sites is 1. The predicted octanol–water partition coefficient (Wildman–Crippen LogP) is 6.51. The number of hydrogen-bond donors (Lipinski definition) is 1. The summed E-state index contributed by atoms with van der Waals surface area (Å²) in [6, 6.07) is 15.0. The van der Waals surface area contributed by atoms with E-state index in [1.165, 1.54) is 0 Å². The summed E-state index contributed by atoms with van der Waals surface area (Å²) in [7, 11) is 0. The molecule has 2 aromatic carbocycles. The number of aryl methyl sites for hydroxylation is 1. The lowest BCUT2D eigenvalue weighted by atomic mass is 10.1. The number of halogens is 1. The zero-order valence-corrected chi connectivity index (χ0v) is 21.1. The van der Waals surface area contributed by atoms with Crippen LogP contribution in [-0.4, -0.2) is 34.4 Å². The Bertz CT molecular complexity index is 1160. The first-order valence-electron chi connectivity index (χ1n) is 12.1. The molecule has 0 aliphatic heterocycles. The topological polar surface area (TPSA) is 54.3 Å². The van der Waals surface area contributed by atoms with Crippen LogP contribution in [0.2, 0.25) is 5.02 Å². The average molecular weight is 480 g/mol. The van der Waals surface area contributed by atoms with Gasteiger partial charge in [0.15, 0.2) is 0 Å². The molecule has 3 rings (SSSR count). The Morgan fingerprint density at radius 1 is 0.971 bits per heavy atom. The molecule has 6 heteroatoms. The zero-order valence-electron chi connectivity index (χ0n) is 20.3. The van der Waals surface area contributed by atoms with Crippen molar-refractivity contribution in [1.29, 1.82) is 0 Å². The summed E-state index contributed by atoms with van der Waals surface area (Å²) in [4.78, 5) is 28.7. The molecule has 0 spiro atoms. The number of rotatable bonds is 11. The largest absolute Gasteiger partial charge is 0.347 e. The van der Waals surface area contributed by atoms with Crippen LogP contribution in [0.4, 0.5) is 0 Å². The molecule has 180 valence electrons. The summed E-state index contributed by atoms with van der Waals surface area (Å²) in [5, 5.41) is 4.27. The Hall–Kier alpha value is -3.05. The highest BCUT2D eigenvalue weighted by Crippen LogP contribution is 2.24. The number of carbonyl (C=O) groups is 2. The smallest absolute Gasteiger partial charge is 0.270 e. The number of nitrogens with one attached hydrogen (secondary N) is 1. The van der Waals surface area contributed by atoms with Gasteiger partial charge in [-0.2, -0.15) is 0 Å². The third-order valence-corrected chi connectivity index (χ3v) is 6.24. The van der Waals surface area contributed by atoms with E-state index in [1.807, 2.05) is 29.3 Å². The van der Waals surface area contributed by atoms with Gasteiger partial charge in [0.2, 0.25) is 0 Å². The maximum absolute atomic E-state index is 13.7. The van der Waals surface area contributed by atoms with Crippen LogP contribution >= 0.6 is 11.6 Å². The lowest BCUT2D eigenvalue weighted by Crippen LogP contribution is -2.39. The minimum Gasteiger partial charge on any atom is -0.347 e. The summed E-state index contributed by atoms with van der Waals surface area (Å²) in [6.07, 6.45) is 7.64. The summed E-state index contributed by atoms with van der Waals surface area (Å²) >= 11 is 6.26. The molecule has 1 heterocycles. The molecule has 0 bridgehead atoms. The van der Waals surface area contributed by atoms with Crippen molar-refractivity contribution < 1.29 is 9.59 Å². The molecule has 0 aliphatic carbocycles. The Morgan fingerprint density at radius 2 is 1.62 bits per heavy atom. The molecular weight excluding hydrogens is 446 g/mol. The number of carbonyl (C=O) groups excluding carboxylic acids is 2. The number of benzene rings is 2. The average Bonchev–Trinajstić information content (AvgIpc) is 3.21.